The van der Waals surface area contributed by atoms with Gasteiger partial charge in [0.05, 0.1) is 37.4 Å². The lowest BCUT2D eigenvalue weighted by Crippen LogP contribution is -2.40. The van der Waals surface area contributed by atoms with Crippen LogP contribution in [0.25, 0.3) is 0 Å². The Hall–Kier alpha value is -1.76. The summed E-state index contributed by atoms with van der Waals surface area (Å²) in [6, 6.07) is 6.26. The van der Waals surface area contributed by atoms with E-state index in [0.29, 0.717) is 24.3 Å². The maximum absolute atomic E-state index is 12.5. The van der Waals surface area contributed by atoms with Crippen LogP contribution in [0.15, 0.2) is 24.3 Å². The van der Waals surface area contributed by atoms with Crippen molar-refractivity contribution in [3.63, 3.8) is 0 Å². The van der Waals surface area contributed by atoms with Gasteiger partial charge in [-0.3, -0.25) is 4.90 Å². The number of hydrogen-bond donors (Lipinski definition) is 2. The number of esters is 1. The predicted octanol–water partition coefficient (Wildman–Crippen LogP) is 4.58. The number of hydrogen-bond acceptors (Lipinski definition) is 8. The van der Waals surface area contributed by atoms with Crippen LogP contribution in [0.5, 0.6) is 0 Å². The molecule has 1 aliphatic heterocycles. The van der Waals surface area contributed by atoms with Crippen LogP contribution >= 0.6 is 11.3 Å². The standard InChI is InChI=1S/C30H44N2O5S/c1-2-30(12-5-13-30)28(34)9-4-8-25-24(22(21-31)20-26(25)33)7-3-6-23-10-11-27(38-23)29(35)37-19-16-32-14-17-36-18-15-32/h4,8,10-11,22,24-26,28,33-34H,2-3,5-7,9,12-20H2,1H3/b8-4+/t22-,24-,25+,26+,28?/m0/s1. The Bertz CT molecular complexity index is 957. The maximum Gasteiger partial charge on any atom is 0.348 e. The number of morpholine rings is 1. The van der Waals surface area contributed by atoms with Crippen molar-refractivity contribution < 1.29 is 24.5 Å². The van der Waals surface area contributed by atoms with Crippen LogP contribution in [0.1, 0.15) is 72.8 Å². The smallest absolute Gasteiger partial charge is 0.348 e. The van der Waals surface area contributed by atoms with Crippen LogP contribution in [0, 0.1) is 34.5 Å². The molecule has 3 aliphatic rings. The molecule has 7 nitrogen and oxygen atoms in total. The van der Waals surface area contributed by atoms with E-state index in [9.17, 15) is 20.3 Å². The van der Waals surface area contributed by atoms with Crippen LogP contribution in [-0.4, -0.2) is 72.7 Å². The van der Waals surface area contributed by atoms with Crippen molar-refractivity contribution >= 4 is 17.3 Å². The molecule has 3 fully saturated rings. The topological polar surface area (TPSA) is 103 Å². The van der Waals surface area contributed by atoms with E-state index in [4.69, 9.17) is 9.47 Å². The van der Waals surface area contributed by atoms with Crippen molar-refractivity contribution in [3.8, 4) is 6.07 Å². The van der Waals surface area contributed by atoms with Gasteiger partial charge in [-0.15, -0.1) is 11.3 Å². The third-order valence-electron chi connectivity index (χ3n) is 9.16. The van der Waals surface area contributed by atoms with E-state index < -0.39 is 6.10 Å². The van der Waals surface area contributed by atoms with Crippen LogP contribution < -0.4 is 0 Å². The maximum atomic E-state index is 12.5. The first-order chi connectivity index (χ1) is 18.5. The van der Waals surface area contributed by atoms with Gasteiger partial charge >= 0.3 is 5.97 Å². The van der Waals surface area contributed by atoms with Gasteiger partial charge in [-0.1, -0.05) is 25.5 Å². The SMILES string of the molecule is CCC1(C(O)C/C=C/[C@@H]2[C@@H](CCCc3ccc(C(=O)OCCN4CCOCC4)s3)[C@H](C#N)C[C@H]2O)CCC1. The molecule has 210 valence electrons. The van der Waals surface area contributed by atoms with E-state index >= 15 is 0 Å². The number of aliphatic hydroxyl groups excluding tert-OH is 2. The number of ether oxygens (including phenoxy) is 2. The first-order valence-corrected chi connectivity index (χ1v) is 15.3. The Labute approximate surface area is 231 Å². The number of thiophene rings is 1. The highest BCUT2D eigenvalue weighted by Crippen LogP contribution is 2.48. The van der Waals surface area contributed by atoms with E-state index in [1.54, 1.807) is 0 Å². The van der Waals surface area contributed by atoms with Crippen molar-refractivity contribution in [3.05, 3.63) is 34.0 Å². The molecule has 2 aliphatic carbocycles. The molecule has 0 spiro atoms. The van der Waals surface area contributed by atoms with E-state index in [1.807, 2.05) is 18.2 Å². The molecule has 1 aromatic heterocycles. The molecule has 4 rings (SSSR count). The first kappa shape index (κ1) is 29.2. The Balaban J connectivity index is 1.23. The monoisotopic (exact) mass is 544 g/mol. The molecule has 38 heavy (non-hydrogen) atoms. The molecular weight excluding hydrogens is 500 g/mol. The van der Waals surface area contributed by atoms with Crippen LogP contribution in [-0.2, 0) is 15.9 Å². The summed E-state index contributed by atoms with van der Waals surface area (Å²) >= 11 is 1.48. The fourth-order valence-corrected chi connectivity index (χ4v) is 7.37. The highest BCUT2D eigenvalue weighted by molar-refractivity contribution is 7.13. The van der Waals surface area contributed by atoms with Gasteiger partial charge in [-0.05, 0) is 74.8 Å². The van der Waals surface area contributed by atoms with Crippen LogP contribution in [0.3, 0.4) is 0 Å². The molecule has 8 heteroatoms. The zero-order chi connectivity index (χ0) is 27.0. The summed E-state index contributed by atoms with van der Waals surface area (Å²) in [5.41, 5.74) is 0.0714. The third-order valence-corrected chi connectivity index (χ3v) is 10.3. The summed E-state index contributed by atoms with van der Waals surface area (Å²) in [5, 5.41) is 31.2. The highest BCUT2D eigenvalue weighted by Gasteiger charge is 2.42. The predicted molar refractivity (Wildman–Crippen MR) is 148 cm³/mol. The van der Waals surface area contributed by atoms with Crippen molar-refractivity contribution in [1.29, 1.82) is 5.26 Å². The number of nitriles is 1. The minimum atomic E-state index is -0.512. The van der Waals surface area contributed by atoms with Gasteiger partial charge in [-0.2, -0.15) is 5.26 Å². The normalized spacial score (nSPS) is 28.2. The number of aliphatic hydroxyl groups is 2. The summed E-state index contributed by atoms with van der Waals surface area (Å²) in [6.45, 7) is 6.50. The second kappa shape index (κ2) is 14.0. The summed E-state index contributed by atoms with van der Waals surface area (Å²) in [5.74, 6) is -0.362. The quantitative estimate of drug-likeness (QED) is 0.277. The van der Waals surface area contributed by atoms with Gasteiger partial charge in [0, 0.05) is 30.4 Å². The summed E-state index contributed by atoms with van der Waals surface area (Å²) in [4.78, 5) is 16.5. The lowest BCUT2D eigenvalue weighted by Gasteiger charge is -2.45. The van der Waals surface area contributed by atoms with Gasteiger partial charge in [0.25, 0.3) is 0 Å². The lowest BCUT2D eigenvalue weighted by molar-refractivity contribution is -0.0355. The van der Waals surface area contributed by atoms with Crippen molar-refractivity contribution in [2.45, 2.75) is 76.9 Å². The third kappa shape index (κ3) is 7.25. The Kier molecular flexibility index (Phi) is 10.8. The van der Waals surface area contributed by atoms with Gasteiger partial charge in [0.2, 0.25) is 0 Å². The summed E-state index contributed by atoms with van der Waals surface area (Å²) in [7, 11) is 0. The fourth-order valence-electron chi connectivity index (χ4n) is 6.42. The number of aryl methyl sites for hydroxylation is 1. The van der Waals surface area contributed by atoms with E-state index in [-0.39, 0.29) is 35.2 Å². The molecule has 0 aromatic carbocycles. The van der Waals surface area contributed by atoms with Crippen molar-refractivity contribution in [2.75, 3.05) is 39.5 Å². The average Bonchev–Trinajstić information content (AvgIpc) is 3.49. The first-order valence-electron chi connectivity index (χ1n) is 14.4. The van der Waals surface area contributed by atoms with Crippen molar-refractivity contribution in [1.82, 2.24) is 4.90 Å². The van der Waals surface area contributed by atoms with Crippen molar-refractivity contribution in [2.24, 2.45) is 23.2 Å². The molecular formula is C30H44N2O5S. The van der Waals surface area contributed by atoms with E-state index in [0.717, 1.165) is 76.3 Å². The van der Waals surface area contributed by atoms with Gasteiger partial charge in [0.1, 0.15) is 11.5 Å². The van der Waals surface area contributed by atoms with Gasteiger partial charge < -0.3 is 19.7 Å². The second-order valence-electron chi connectivity index (χ2n) is 11.3. The molecule has 0 radical (unpaired) electrons. The molecule has 0 bridgehead atoms. The van der Waals surface area contributed by atoms with E-state index in [2.05, 4.69) is 24.0 Å². The molecule has 2 heterocycles. The van der Waals surface area contributed by atoms with Crippen LogP contribution in [0.2, 0.25) is 0 Å². The molecule has 1 unspecified atom stereocenters. The number of carbonyl (C=O) groups is 1. The Morgan fingerprint density at radius 1 is 1.37 bits per heavy atom. The largest absolute Gasteiger partial charge is 0.460 e. The van der Waals surface area contributed by atoms with Gasteiger partial charge in [-0.25, -0.2) is 4.79 Å². The number of nitrogens with zero attached hydrogens (tertiary/aromatic N) is 2. The molecule has 1 aromatic rings. The molecule has 1 saturated heterocycles. The number of rotatable bonds is 13. The summed E-state index contributed by atoms with van der Waals surface area (Å²) < 4.78 is 10.8. The molecule has 2 saturated carbocycles. The molecule has 0 amide bonds. The van der Waals surface area contributed by atoms with E-state index in [1.165, 1.54) is 17.8 Å². The minimum Gasteiger partial charge on any atom is -0.460 e. The zero-order valence-corrected chi connectivity index (χ0v) is 23.5. The Morgan fingerprint density at radius 3 is 2.84 bits per heavy atom. The average molecular weight is 545 g/mol. The van der Waals surface area contributed by atoms with Crippen LogP contribution in [0.4, 0.5) is 0 Å². The fraction of sp³-hybridized carbons (Fsp3) is 0.733. The van der Waals surface area contributed by atoms with Gasteiger partial charge in [0.15, 0.2) is 0 Å². The minimum absolute atomic E-state index is 0.0499. The lowest BCUT2D eigenvalue weighted by atomic mass is 9.63. The second-order valence-corrected chi connectivity index (χ2v) is 12.4. The highest BCUT2D eigenvalue weighted by atomic mass is 32.1. The molecule has 5 atom stereocenters. The number of carbonyl (C=O) groups excluding carboxylic acids is 1. The summed E-state index contributed by atoms with van der Waals surface area (Å²) in [6.07, 6.45) is 11.4. The Morgan fingerprint density at radius 2 is 2.16 bits per heavy atom. The zero-order valence-electron chi connectivity index (χ0n) is 22.7. The molecule has 2 N–H and O–H groups in total.